The van der Waals surface area contributed by atoms with E-state index in [1.54, 1.807) is 21.9 Å². The van der Waals surface area contributed by atoms with Crippen molar-refractivity contribution >= 4 is 11.8 Å². The molecule has 2 heterocycles. The van der Waals surface area contributed by atoms with E-state index in [9.17, 15) is 9.59 Å². The summed E-state index contributed by atoms with van der Waals surface area (Å²) in [5.74, 6) is 0.568. The maximum Gasteiger partial charge on any atom is 0.259 e. The number of nitrogens with zero attached hydrogens (tertiary/aromatic N) is 3. The van der Waals surface area contributed by atoms with Gasteiger partial charge in [0.2, 0.25) is 17.7 Å². The second-order valence-corrected chi connectivity index (χ2v) is 6.21. The molecule has 1 fully saturated rings. The largest absolute Gasteiger partial charge is 0.481 e. The summed E-state index contributed by atoms with van der Waals surface area (Å²) < 4.78 is 10.3. The first-order valence-corrected chi connectivity index (χ1v) is 8.24. The molecular weight excluding hydrogens is 322 g/mol. The highest BCUT2D eigenvalue weighted by Gasteiger charge is 2.34. The molecule has 0 N–H and O–H groups in total. The first-order chi connectivity index (χ1) is 11.9. The molecule has 2 rings (SSSR count). The van der Waals surface area contributed by atoms with Crippen molar-refractivity contribution in [1.82, 2.24) is 14.8 Å². The van der Waals surface area contributed by atoms with Gasteiger partial charge in [0.25, 0.3) is 5.91 Å². The lowest BCUT2D eigenvalue weighted by Gasteiger charge is -2.43. The van der Waals surface area contributed by atoms with E-state index < -0.39 is 0 Å². The molecule has 0 radical (unpaired) electrons. The Balaban J connectivity index is 2.23. The molecule has 0 aromatic carbocycles. The lowest BCUT2D eigenvalue weighted by Crippen LogP contribution is -2.58. The zero-order valence-corrected chi connectivity index (χ0v) is 15.2. The number of piperazine rings is 1. The Morgan fingerprint density at radius 1 is 1.28 bits per heavy atom. The van der Waals surface area contributed by atoms with Crippen LogP contribution >= 0.6 is 0 Å². The van der Waals surface area contributed by atoms with Gasteiger partial charge in [0.15, 0.2) is 0 Å². The maximum absolute atomic E-state index is 12.9. The molecule has 25 heavy (non-hydrogen) atoms. The highest BCUT2D eigenvalue weighted by atomic mass is 16.5. The standard InChI is InChI=1S/C18H25N3O4/c1-6-16(22)21-10-9-20(11-14(21)12(2)3)18(23)13-7-8-15(24-4)19-17(13)25-5/h6-8,12,14H,1,9-11H2,2-5H3/t14-/m1/s1. The third kappa shape index (κ3) is 3.92. The summed E-state index contributed by atoms with van der Waals surface area (Å²) >= 11 is 0. The van der Waals surface area contributed by atoms with Crippen molar-refractivity contribution in [3.8, 4) is 11.8 Å². The minimum absolute atomic E-state index is 0.0552. The first kappa shape index (κ1) is 18.8. The van der Waals surface area contributed by atoms with Gasteiger partial charge in [-0.25, -0.2) is 0 Å². The maximum atomic E-state index is 12.9. The number of hydrogen-bond acceptors (Lipinski definition) is 5. The van der Waals surface area contributed by atoms with Crippen LogP contribution in [0.2, 0.25) is 0 Å². The van der Waals surface area contributed by atoms with E-state index in [0.29, 0.717) is 31.1 Å². The second-order valence-electron chi connectivity index (χ2n) is 6.21. The van der Waals surface area contributed by atoms with Crippen LogP contribution in [0.25, 0.3) is 0 Å². The van der Waals surface area contributed by atoms with Crippen LogP contribution in [0.1, 0.15) is 24.2 Å². The highest BCUT2D eigenvalue weighted by Crippen LogP contribution is 2.24. The molecule has 0 bridgehead atoms. The van der Waals surface area contributed by atoms with Crippen molar-refractivity contribution in [2.75, 3.05) is 33.9 Å². The molecule has 136 valence electrons. The number of carbonyl (C=O) groups is 2. The van der Waals surface area contributed by atoms with Gasteiger partial charge < -0.3 is 19.3 Å². The van der Waals surface area contributed by atoms with Gasteiger partial charge >= 0.3 is 0 Å². The number of ether oxygens (including phenoxy) is 2. The summed E-state index contributed by atoms with van der Waals surface area (Å²) in [5, 5.41) is 0. The number of rotatable bonds is 5. The fourth-order valence-electron chi connectivity index (χ4n) is 2.98. The molecule has 0 saturated carbocycles. The zero-order valence-electron chi connectivity index (χ0n) is 15.2. The van der Waals surface area contributed by atoms with Crippen molar-refractivity contribution in [3.05, 3.63) is 30.4 Å². The molecule has 0 unspecified atom stereocenters. The number of hydrogen-bond donors (Lipinski definition) is 0. The van der Waals surface area contributed by atoms with Gasteiger partial charge in [-0.1, -0.05) is 20.4 Å². The van der Waals surface area contributed by atoms with Gasteiger partial charge in [-0.05, 0) is 18.1 Å². The molecular formula is C18H25N3O4. The Bertz CT molecular complexity index is 660. The van der Waals surface area contributed by atoms with Crippen LogP contribution in [0.4, 0.5) is 0 Å². The van der Waals surface area contributed by atoms with E-state index in [0.717, 1.165) is 0 Å². The Kier molecular flexibility index (Phi) is 6.01. The van der Waals surface area contributed by atoms with Gasteiger partial charge in [0.1, 0.15) is 5.56 Å². The molecule has 1 aromatic rings. The Labute approximate surface area is 148 Å². The summed E-state index contributed by atoms with van der Waals surface area (Å²) in [6, 6.07) is 3.23. The monoisotopic (exact) mass is 347 g/mol. The Hall–Kier alpha value is -2.57. The van der Waals surface area contributed by atoms with E-state index in [4.69, 9.17) is 9.47 Å². The molecule has 0 spiro atoms. The predicted molar refractivity (Wildman–Crippen MR) is 93.8 cm³/mol. The molecule has 1 saturated heterocycles. The van der Waals surface area contributed by atoms with Crippen LogP contribution in [0.15, 0.2) is 24.8 Å². The lowest BCUT2D eigenvalue weighted by molar-refractivity contribution is -0.131. The van der Waals surface area contributed by atoms with Crippen LogP contribution in [0, 0.1) is 5.92 Å². The molecule has 7 nitrogen and oxygen atoms in total. The molecule has 7 heteroatoms. The number of methoxy groups -OCH3 is 2. The zero-order chi connectivity index (χ0) is 18.6. The van der Waals surface area contributed by atoms with Crippen molar-refractivity contribution in [3.63, 3.8) is 0 Å². The fourth-order valence-corrected chi connectivity index (χ4v) is 2.98. The SMILES string of the molecule is C=CC(=O)N1CCN(C(=O)c2ccc(OC)nc2OC)C[C@@H]1C(C)C. The third-order valence-corrected chi connectivity index (χ3v) is 4.40. The van der Waals surface area contributed by atoms with Crippen molar-refractivity contribution in [1.29, 1.82) is 0 Å². The van der Waals surface area contributed by atoms with Crippen LogP contribution in [-0.2, 0) is 4.79 Å². The summed E-state index contributed by atoms with van der Waals surface area (Å²) in [6.45, 7) is 9.04. The van der Waals surface area contributed by atoms with E-state index >= 15 is 0 Å². The van der Waals surface area contributed by atoms with Gasteiger partial charge in [0, 0.05) is 25.7 Å². The lowest BCUT2D eigenvalue weighted by atomic mass is 9.98. The quantitative estimate of drug-likeness (QED) is 0.757. The Morgan fingerprint density at radius 2 is 2.00 bits per heavy atom. The highest BCUT2D eigenvalue weighted by molar-refractivity contribution is 5.97. The van der Waals surface area contributed by atoms with Gasteiger partial charge in [-0.2, -0.15) is 4.98 Å². The number of amides is 2. The molecule has 0 aliphatic carbocycles. The minimum Gasteiger partial charge on any atom is -0.481 e. The smallest absolute Gasteiger partial charge is 0.259 e. The van der Waals surface area contributed by atoms with Crippen LogP contribution in [0.5, 0.6) is 11.8 Å². The van der Waals surface area contributed by atoms with Crippen LogP contribution in [-0.4, -0.2) is 66.5 Å². The van der Waals surface area contributed by atoms with E-state index in [1.165, 1.54) is 20.3 Å². The molecule has 1 aliphatic rings. The van der Waals surface area contributed by atoms with Gasteiger partial charge in [-0.15, -0.1) is 0 Å². The average molecular weight is 347 g/mol. The third-order valence-electron chi connectivity index (χ3n) is 4.40. The molecule has 1 aliphatic heterocycles. The van der Waals surface area contributed by atoms with E-state index in [-0.39, 0.29) is 29.7 Å². The molecule has 2 amide bonds. The van der Waals surface area contributed by atoms with E-state index in [2.05, 4.69) is 11.6 Å². The Morgan fingerprint density at radius 3 is 2.56 bits per heavy atom. The summed E-state index contributed by atoms with van der Waals surface area (Å²) in [4.78, 5) is 32.7. The fraction of sp³-hybridized carbons (Fsp3) is 0.500. The van der Waals surface area contributed by atoms with Crippen molar-refractivity contribution < 1.29 is 19.1 Å². The summed E-state index contributed by atoms with van der Waals surface area (Å²) in [7, 11) is 2.97. The van der Waals surface area contributed by atoms with E-state index in [1.807, 2.05) is 13.8 Å². The summed E-state index contributed by atoms with van der Waals surface area (Å²) in [6.07, 6.45) is 1.32. The number of carbonyl (C=O) groups excluding carboxylic acids is 2. The van der Waals surface area contributed by atoms with Crippen LogP contribution < -0.4 is 9.47 Å². The second kappa shape index (κ2) is 8.00. The number of pyridine rings is 1. The van der Waals surface area contributed by atoms with Crippen molar-refractivity contribution in [2.24, 2.45) is 5.92 Å². The molecule has 1 aromatic heterocycles. The van der Waals surface area contributed by atoms with Crippen molar-refractivity contribution in [2.45, 2.75) is 19.9 Å². The van der Waals surface area contributed by atoms with Crippen LogP contribution in [0.3, 0.4) is 0 Å². The average Bonchev–Trinajstić information content (AvgIpc) is 2.65. The van der Waals surface area contributed by atoms with Gasteiger partial charge in [-0.3, -0.25) is 9.59 Å². The first-order valence-electron chi connectivity index (χ1n) is 8.24. The minimum atomic E-state index is -0.164. The molecule has 1 atom stereocenters. The normalized spacial score (nSPS) is 17.4. The predicted octanol–water partition coefficient (Wildman–Crippen LogP) is 1.59. The number of aromatic nitrogens is 1. The summed E-state index contributed by atoms with van der Waals surface area (Å²) in [5.41, 5.74) is 0.384. The van der Waals surface area contributed by atoms with Gasteiger partial charge in [0.05, 0.1) is 20.3 Å². The topological polar surface area (TPSA) is 72.0 Å².